The van der Waals surface area contributed by atoms with Gasteiger partial charge in [0.15, 0.2) is 5.92 Å². The maximum absolute atomic E-state index is 11.6. The number of nitriles is 1. The highest BCUT2D eigenvalue weighted by Gasteiger charge is 2.21. The van der Waals surface area contributed by atoms with Crippen molar-refractivity contribution in [3.8, 4) is 6.07 Å². The van der Waals surface area contributed by atoms with E-state index >= 15 is 0 Å². The Balaban J connectivity index is 3.15. The molecule has 0 aliphatic heterocycles. The van der Waals surface area contributed by atoms with E-state index in [0.717, 1.165) is 6.21 Å². The molecule has 9 heteroatoms. The van der Waals surface area contributed by atoms with Gasteiger partial charge in [-0.2, -0.15) is 5.26 Å². The molecule has 0 spiro atoms. The predicted octanol–water partition coefficient (Wildman–Crippen LogP) is 4.14. The lowest BCUT2D eigenvalue weighted by Gasteiger charge is -2.08. The Morgan fingerprint density at radius 1 is 1.43 bits per heavy atom. The third-order valence-corrected chi connectivity index (χ3v) is 3.73. The summed E-state index contributed by atoms with van der Waals surface area (Å²) in [5.41, 5.74) is -0.433. The van der Waals surface area contributed by atoms with E-state index in [1.165, 1.54) is 6.07 Å². The van der Waals surface area contributed by atoms with Crippen molar-refractivity contribution in [1.82, 2.24) is 0 Å². The number of hydrogen-bond acceptors (Lipinski definition) is 5. The minimum Gasteiger partial charge on any atom is -0.478 e. The topological polar surface area (TPSA) is 99.8 Å². The van der Waals surface area contributed by atoms with Crippen LogP contribution in [0.4, 0.5) is 5.69 Å². The second kappa shape index (κ2) is 8.73. The first kappa shape index (κ1) is 19.2. The first-order valence-electron chi connectivity index (χ1n) is 6.34. The van der Waals surface area contributed by atoms with Crippen LogP contribution in [0.1, 0.15) is 23.7 Å². The highest BCUT2D eigenvalue weighted by molar-refractivity contribution is 6.47. The molecule has 1 aromatic carbocycles. The molecule has 1 N–H and O–H groups in total. The molecule has 6 nitrogen and oxygen atoms in total. The molecule has 0 aliphatic carbocycles. The smallest absolute Gasteiger partial charge is 0.338 e. The van der Waals surface area contributed by atoms with Gasteiger partial charge in [0.25, 0.3) is 0 Å². The number of carbonyl (C=O) groups is 2. The molecule has 0 saturated carbocycles. The summed E-state index contributed by atoms with van der Waals surface area (Å²) in [6.07, 6.45) is 1.62. The number of aromatic carboxylic acids is 1. The summed E-state index contributed by atoms with van der Waals surface area (Å²) in [6.45, 7) is 1.99. The van der Waals surface area contributed by atoms with E-state index in [1.807, 2.05) is 6.92 Å². The molecule has 1 atom stereocenters. The number of carboxylic acid groups (broad SMARTS) is 1. The SMILES string of the molecule is CCCOC(=O)C(C#N)C=Nc1cc(Cl)c(Cl)c(C(=O)O)c1Cl. The molecular formula is C14H11Cl3N2O4. The largest absolute Gasteiger partial charge is 0.478 e. The molecule has 0 heterocycles. The van der Waals surface area contributed by atoms with Crippen molar-refractivity contribution in [1.29, 1.82) is 5.26 Å². The maximum atomic E-state index is 11.6. The molecule has 1 unspecified atom stereocenters. The number of carboxylic acids is 1. The first-order valence-corrected chi connectivity index (χ1v) is 7.48. The van der Waals surface area contributed by atoms with Crippen LogP contribution < -0.4 is 0 Å². The number of rotatable bonds is 6. The molecule has 0 fully saturated rings. The summed E-state index contributed by atoms with van der Waals surface area (Å²) >= 11 is 17.6. The van der Waals surface area contributed by atoms with Crippen LogP contribution >= 0.6 is 34.8 Å². The van der Waals surface area contributed by atoms with Crippen LogP contribution in [0.15, 0.2) is 11.1 Å². The van der Waals surface area contributed by atoms with Gasteiger partial charge < -0.3 is 9.84 Å². The number of carbonyl (C=O) groups excluding carboxylic acids is 1. The molecule has 0 radical (unpaired) electrons. The summed E-state index contributed by atoms with van der Waals surface area (Å²) in [4.78, 5) is 26.7. The minimum absolute atomic E-state index is 0.0259. The van der Waals surface area contributed by atoms with Gasteiger partial charge in [-0.15, -0.1) is 0 Å². The lowest BCUT2D eigenvalue weighted by Crippen LogP contribution is -2.17. The average molecular weight is 378 g/mol. The second-order valence-electron chi connectivity index (χ2n) is 4.24. The Morgan fingerprint density at radius 3 is 2.61 bits per heavy atom. The highest BCUT2D eigenvalue weighted by Crippen LogP contribution is 2.38. The van der Waals surface area contributed by atoms with Gasteiger partial charge in [0.1, 0.15) is 5.56 Å². The Labute approximate surface area is 147 Å². The van der Waals surface area contributed by atoms with Crippen molar-refractivity contribution in [2.75, 3.05) is 6.61 Å². The van der Waals surface area contributed by atoms with Crippen LogP contribution in [0.5, 0.6) is 0 Å². The molecule has 0 aromatic heterocycles. The number of benzene rings is 1. The van der Waals surface area contributed by atoms with E-state index in [2.05, 4.69) is 4.99 Å². The quantitative estimate of drug-likeness (QED) is 0.456. The van der Waals surface area contributed by atoms with Crippen molar-refractivity contribution >= 4 is 58.6 Å². The summed E-state index contributed by atoms with van der Waals surface area (Å²) in [6, 6.07) is 2.96. The molecule has 122 valence electrons. The lowest BCUT2D eigenvalue weighted by molar-refractivity contribution is -0.144. The van der Waals surface area contributed by atoms with Crippen molar-refractivity contribution in [2.45, 2.75) is 13.3 Å². The van der Waals surface area contributed by atoms with E-state index in [9.17, 15) is 9.59 Å². The van der Waals surface area contributed by atoms with Gasteiger partial charge in [-0.3, -0.25) is 9.79 Å². The number of hydrogen-bond donors (Lipinski definition) is 1. The lowest BCUT2D eigenvalue weighted by atomic mass is 10.2. The van der Waals surface area contributed by atoms with Crippen molar-refractivity contribution in [3.63, 3.8) is 0 Å². The summed E-state index contributed by atoms with van der Waals surface area (Å²) in [5.74, 6) is -3.38. The van der Waals surface area contributed by atoms with Crippen LogP contribution in [-0.4, -0.2) is 29.9 Å². The third-order valence-electron chi connectivity index (χ3n) is 2.56. The number of nitrogens with zero attached hydrogens (tertiary/aromatic N) is 2. The Morgan fingerprint density at radius 2 is 2.09 bits per heavy atom. The maximum Gasteiger partial charge on any atom is 0.338 e. The fourth-order valence-corrected chi connectivity index (χ4v) is 2.22. The molecule has 0 aliphatic rings. The van der Waals surface area contributed by atoms with E-state index in [1.54, 1.807) is 6.07 Å². The van der Waals surface area contributed by atoms with Gasteiger partial charge in [0.05, 0.1) is 33.4 Å². The molecule has 0 saturated heterocycles. The first-order chi connectivity index (χ1) is 10.8. The fourth-order valence-electron chi connectivity index (χ4n) is 1.47. The summed E-state index contributed by atoms with van der Waals surface area (Å²) < 4.78 is 4.84. The zero-order valence-corrected chi connectivity index (χ0v) is 14.1. The van der Waals surface area contributed by atoms with Gasteiger partial charge in [0, 0.05) is 6.21 Å². The van der Waals surface area contributed by atoms with Crippen LogP contribution in [0, 0.1) is 17.2 Å². The van der Waals surface area contributed by atoms with Crippen LogP contribution in [0.2, 0.25) is 15.1 Å². The van der Waals surface area contributed by atoms with Gasteiger partial charge in [-0.05, 0) is 12.5 Å². The van der Waals surface area contributed by atoms with Gasteiger partial charge in [-0.1, -0.05) is 41.7 Å². The standard InChI is InChI=1S/C14H11Cl3N2O4/c1-2-3-23-14(22)7(5-18)6-19-9-4-8(15)11(16)10(12(9)17)13(20)21/h4,6-7H,2-3H2,1H3,(H,20,21). The highest BCUT2D eigenvalue weighted by atomic mass is 35.5. The Bertz CT molecular complexity index is 698. The second-order valence-corrected chi connectivity index (χ2v) is 5.40. The summed E-state index contributed by atoms with van der Waals surface area (Å²) in [5, 5.41) is 17.5. The minimum atomic E-state index is -1.38. The normalized spacial score (nSPS) is 12.0. The number of halogens is 3. The molecule has 0 amide bonds. The number of aliphatic imine (C=N–C) groups is 1. The molecular weight excluding hydrogens is 367 g/mol. The van der Waals surface area contributed by atoms with Crippen LogP contribution in [0.3, 0.4) is 0 Å². The van der Waals surface area contributed by atoms with E-state index in [4.69, 9.17) is 49.9 Å². The van der Waals surface area contributed by atoms with Crippen molar-refractivity contribution in [2.24, 2.45) is 10.9 Å². The number of esters is 1. The molecule has 0 bridgehead atoms. The van der Waals surface area contributed by atoms with E-state index in [0.29, 0.717) is 6.42 Å². The van der Waals surface area contributed by atoms with Gasteiger partial charge >= 0.3 is 11.9 Å². The van der Waals surface area contributed by atoms with Gasteiger partial charge in [-0.25, -0.2) is 4.79 Å². The van der Waals surface area contributed by atoms with Crippen molar-refractivity contribution < 1.29 is 19.4 Å². The summed E-state index contributed by atoms with van der Waals surface area (Å²) in [7, 11) is 0. The van der Waals surface area contributed by atoms with E-state index < -0.39 is 23.4 Å². The molecule has 23 heavy (non-hydrogen) atoms. The van der Waals surface area contributed by atoms with Crippen LogP contribution in [0.25, 0.3) is 0 Å². The zero-order valence-electron chi connectivity index (χ0n) is 11.8. The Hall–Kier alpha value is -1.81. The van der Waals surface area contributed by atoms with Gasteiger partial charge in [0.2, 0.25) is 0 Å². The number of ether oxygens (including phenoxy) is 1. The predicted molar refractivity (Wildman–Crippen MR) is 86.9 cm³/mol. The third kappa shape index (κ3) is 4.83. The van der Waals surface area contributed by atoms with Crippen molar-refractivity contribution in [3.05, 3.63) is 26.7 Å². The van der Waals surface area contributed by atoms with Crippen LogP contribution in [-0.2, 0) is 9.53 Å². The molecule has 1 aromatic rings. The van der Waals surface area contributed by atoms with E-state index in [-0.39, 0.29) is 27.4 Å². The Kier molecular flexibility index (Phi) is 7.30. The zero-order chi connectivity index (χ0) is 17.6. The molecule has 1 rings (SSSR count). The monoisotopic (exact) mass is 376 g/mol. The fraction of sp³-hybridized carbons (Fsp3) is 0.286. The average Bonchev–Trinajstić information content (AvgIpc) is 2.50.